The van der Waals surface area contributed by atoms with Gasteiger partial charge >= 0.3 is 12.3 Å². The second kappa shape index (κ2) is 6.90. The zero-order chi connectivity index (χ0) is 19.8. The molecular weight excluding hydrogens is 359 g/mol. The number of fused-ring (bicyclic) bond motifs is 1. The summed E-state index contributed by atoms with van der Waals surface area (Å²) in [4.78, 5) is 17.4. The zero-order valence-electron chi connectivity index (χ0n) is 15.4. The van der Waals surface area contributed by atoms with Gasteiger partial charge in [0.2, 0.25) is 0 Å². The molecule has 3 rings (SSSR count). The Bertz CT molecular complexity index is 846. The van der Waals surface area contributed by atoms with Crippen LogP contribution in [0.3, 0.4) is 0 Å². The largest absolute Gasteiger partial charge is 0.444 e. The molecule has 0 unspecified atom stereocenters. The molecule has 0 spiro atoms. The Labute approximate surface area is 155 Å². The van der Waals surface area contributed by atoms with E-state index in [2.05, 4.69) is 10.3 Å². The molecule has 1 amide bonds. The third kappa shape index (κ3) is 4.81. The Morgan fingerprint density at radius 1 is 1.22 bits per heavy atom. The van der Waals surface area contributed by atoms with Gasteiger partial charge in [-0.25, -0.2) is 9.78 Å². The lowest BCUT2D eigenvalue weighted by Crippen LogP contribution is -2.36. The van der Waals surface area contributed by atoms with E-state index in [0.717, 1.165) is 18.2 Å². The van der Waals surface area contributed by atoms with Crippen molar-refractivity contribution in [2.24, 2.45) is 0 Å². The number of alkyl halides is 3. The van der Waals surface area contributed by atoms with Gasteiger partial charge in [-0.3, -0.25) is 0 Å². The van der Waals surface area contributed by atoms with Crippen LogP contribution < -0.4 is 5.32 Å². The minimum absolute atomic E-state index is 0.0531. The van der Waals surface area contributed by atoms with E-state index in [4.69, 9.17) is 4.74 Å². The van der Waals surface area contributed by atoms with Crippen molar-refractivity contribution in [3.63, 3.8) is 0 Å². The fraction of sp³-hybridized carbons (Fsp3) is 0.474. The van der Waals surface area contributed by atoms with Gasteiger partial charge < -0.3 is 15.0 Å². The van der Waals surface area contributed by atoms with Crippen molar-refractivity contribution < 1.29 is 22.7 Å². The van der Waals surface area contributed by atoms with E-state index in [0.29, 0.717) is 18.5 Å². The minimum atomic E-state index is -4.46. The molecule has 1 atom stereocenters. The summed E-state index contributed by atoms with van der Waals surface area (Å²) in [6.45, 7) is 6.58. The van der Waals surface area contributed by atoms with E-state index in [1.165, 1.54) is 6.07 Å². The lowest BCUT2D eigenvalue weighted by atomic mass is 10.1. The number of nitrogens with zero attached hydrogens (tertiary/aromatic N) is 2. The maximum absolute atomic E-state index is 12.8. The average molecular weight is 381 g/mol. The Balaban J connectivity index is 1.66. The molecular formula is C19H22F3N3O2. The maximum Gasteiger partial charge on any atom is 0.433 e. The lowest BCUT2D eigenvalue weighted by Gasteiger charge is -2.24. The smallest absolute Gasteiger partial charge is 0.433 e. The topological polar surface area (TPSA) is 54.5 Å². The standard InChI is InChI=1S/C19H22F3N3O2/c1-18(2,3)27-17(26)25-9-8-14(11-25)23-13-5-6-15-12(10-13)4-7-16(24-15)19(20,21)22/h4-7,10,14,23H,8-9,11H2,1-3H3/t14-/m1/s1. The number of hydrogen-bond acceptors (Lipinski definition) is 4. The van der Waals surface area contributed by atoms with Gasteiger partial charge in [0.25, 0.3) is 0 Å². The number of carbonyl (C=O) groups is 1. The number of halogens is 3. The van der Waals surface area contributed by atoms with Crippen LogP contribution in [0.15, 0.2) is 30.3 Å². The number of pyridine rings is 1. The highest BCUT2D eigenvalue weighted by Crippen LogP contribution is 2.30. The van der Waals surface area contributed by atoms with Crippen molar-refractivity contribution in [3.05, 3.63) is 36.0 Å². The van der Waals surface area contributed by atoms with E-state index in [1.54, 1.807) is 23.1 Å². The second-order valence-corrected chi connectivity index (χ2v) is 7.66. The van der Waals surface area contributed by atoms with Crippen LogP contribution in [0.2, 0.25) is 0 Å². The minimum Gasteiger partial charge on any atom is -0.444 e. The number of nitrogens with one attached hydrogen (secondary N) is 1. The number of hydrogen-bond donors (Lipinski definition) is 1. The van der Waals surface area contributed by atoms with E-state index in [9.17, 15) is 18.0 Å². The van der Waals surface area contributed by atoms with Crippen molar-refractivity contribution in [2.45, 2.75) is 45.0 Å². The SMILES string of the molecule is CC(C)(C)OC(=O)N1CC[C@@H](Nc2ccc3nc(C(F)(F)F)ccc3c2)C1. The van der Waals surface area contributed by atoms with Gasteiger partial charge in [-0.05, 0) is 51.5 Å². The Hall–Kier alpha value is -2.51. The van der Waals surface area contributed by atoms with Gasteiger partial charge in [0.05, 0.1) is 5.52 Å². The molecule has 1 N–H and O–H groups in total. The highest BCUT2D eigenvalue weighted by atomic mass is 19.4. The summed E-state index contributed by atoms with van der Waals surface area (Å²) in [6, 6.07) is 7.47. The van der Waals surface area contributed by atoms with Crippen LogP contribution >= 0.6 is 0 Å². The molecule has 146 valence electrons. The fourth-order valence-corrected chi connectivity index (χ4v) is 2.98. The third-order valence-electron chi connectivity index (χ3n) is 4.19. The van der Waals surface area contributed by atoms with Crippen LogP contribution in [0, 0.1) is 0 Å². The fourth-order valence-electron chi connectivity index (χ4n) is 2.98. The van der Waals surface area contributed by atoms with E-state index < -0.39 is 17.5 Å². The number of aromatic nitrogens is 1. The van der Waals surface area contributed by atoms with Crippen LogP contribution in [0.4, 0.5) is 23.7 Å². The number of amides is 1. The normalized spacial score (nSPS) is 18.0. The molecule has 1 fully saturated rings. The molecule has 27 heavy (non-hydrogen) atoms. The van der Waals surface area contributed by atoms with Crippen molar-refractivity contribution in [1.82, 2.24) is 9.88 Å². The summed E-state index contributed by atoms with van der Waals surface area (Å²) in [5.41, 5.74) is -0.375. The summed E-state index contributed by atoms with van der Waals surface area (Å²) >= 11 is 0. The number of likely N-dealkylation sites (tertiary alicyclic amines) is 1. The summed E-state index contributed by atoms with van der Waals surface area (Å²) in [7, 11) is 0. The van der Waals surface area contributed by atoms with Crippen LogP contribution in [0.25, 0.3) is 10.9 Å². The van der Waals surface area contributed by atoms with Crippen LogP contribution in [-0.2, 0) is 10.9 Å². The first-order chi connectivity index (χ1) is 12.5. The van der Waals surface area contributed by atoms with Crippen molar-refractivity contribution >= 4 is 22.7 Å². The monoisotopic (exact) mass is 381 g/mol. The van der Waals surface area contributed by atoms with Crippen LogP contribution in [-0.4, -0.2) is 40.7 Å². The van der Waals surface area contributed by atoms with Crippen molar-refractivity contribution in [1.29, 1.82) is 0 Å². The molecule has 8 heteroatoms. The van der Waals surface area contributed by atoms with Gasteiger partial charge in [0, 0.05) is 30.2 Å². The first-order valence-corrected chi connectivity index (χ1v) is 8.74. The maximum atomic E-state index is 12.8. The Morgan fingerprint density at radius 3 is 2.63 bits per heavy atom. The van der Waals surface area contributed by atoms with E-state index >= 15 is 0 Å². The number of anilines is 1. The summed E-state index contributed by atoms with van der Waals surface area (Å²) in [5, 5.41) is 3.95. The molecule has 0 bridgehead atoms. The molecule has 1 aromatic heterocycles. The molecule has 0 saturated carbocycles. The molecule has 5 nitrogen and oxygen atoms in total. The molecule has 0 radical (unpaired) electrons. The van der Waals surface area contributed by atoms with Crippen molar-refractivity contribution in [3.8, 4) is 0 Å². The average Bonchev–Trinajstić information content (AvgIpc) is 3.00. The molecule has 0 aliphatic carbocycles. The van der Waals surface area contributed by atoms with E-state index in [1.807, 2.05) is 20.8 Å². The Kier molecular flexibility index (Phi) is 4.92. The predicted molar refractivity (Wildman–Crippen MR) is 96.6 cm³/mol. The van der Waals surface area contributed by atoms with Gasteiger partial charge in [-0.15, -0.1) is 0 Å². The van der Waals surface area contributed by atoms with Gasteiger partial charge in [-0.1, -0.05) is 6.07 Å². The highest BCUT2D eigenvalue weighted by Gasteiger charge is 2.32. The molecule has 2 heterocycles. The van der Waals surface area contributed by atoms with Crippen LogP contribution in [0.1, 0.15) is 32.9 Å². The second-order valence-electron chi connectivity index (χ2n) is 7.66. The predicted octanol–water partition coefficient (Wildman–Crippen LogP) is 4.67. The summed E-state index contributed by atoms with van der Waals surface area (Å²) < 4.78 is 43.6. The summed E-state index contributed by atoms with van der Waals surface area (Å²) in [6.07, 6.45) is -4.03. The quantitative estimate of drug-likeness (QED) is 0.821. The molecule has 2 aromatic rings. The molecule has 1 saturated heterocycles. The lowest BCUT2D eigenvalue weighted by molar-refractivity contribution is -0.140. The first kappa shape index (κ1) is 19.3. The van der Waals surface area contributed by atoms with Crippen molar-refractivity contribution in [2.75, 3.05) is 18.4 Å². The van der Waals surface area contributed by atoms with E-state index in [-0.39, 0.29) is 17.7 Å². The first-order valence-electron chi connectivity index (χ1n) is 8.74. The molecule has 1 aliphatic heterocycles. The Morgan fingerprint density at radius 2 is 1.96 bits per heavy atom. The molecule has 1 aromatic carbocycles. The summed E-state index contributed by atoms with van der Waals surface area (Å²) in [5.74, 6) is 0. The van der Waals surface area contributed by atoms with Crippen LogP contribution in [0.5, 0.6) is 0 Å². The number of benzene rings is 1. The van der Waals surface area contributed by atoms with Gasteiger partial charge in [0.15, 0.2) is 0 Å². The van der Waals surface area contributed by atoms with Gasteiger partial charge in [-0.2, -0.15) is 13.2 Å². The molecule has 1 aliphatic rings. The number of rotatable bonds is 2. The highest BCUT2D eigenvalue weighted by molar-refractivity contribution is 5.82. The third-order valence-corrected chi connectivity index (χ3v) is 4.19. The van der Waals surface area contributed by atoms with Gasteiger partial charge in [0.1, 0.15) is 11.3 Å². The number of carbonyl (C=O) groups excluding carboxylic acids is 1. The zero-order valence-corrected chi connectivity index (χ0v) is 15.4. The number of ether oxygens (including phenoxy) is 1.